The molecule has 1 aliphatic rings. The van der Waals surface area contributed by atoms with Crippen molar-refractivity contribution < 1.29 is 14.7 Å². The highest BCUT2D eigenvalue weighted by atomic mass is 16.6. The fourth-order valence-electron chi connectivity index (χ4n) is 1.75. The third kappa shape index (κ3) is 2.86. The average molecular weight is 188 g/mol. The van der Waals surface area contributed by atoms with Gasteiger partial charge in [-0.1, -0.05) is 0 Å². The van der Waals surface area contributed by atoms with E-state index >= 15 is 0 Å². The number of carboxylic acid groups (broad SMARTS) is 1. The molecule has 1 fully saturated rings. The number of amides is 1. The van der Waals surface area contributed by atoms with E-state index < -0.39 is 6.09 Å². The zero-order valence-electron chi connectivity index (χ0n) is 7.75. The van der Waals surface area contributed by atoms with Crippen molar-refractivity contribution in [2.24, 2.45) is 5.90 Å². The van der Waals surface area contributed by atoms with Crippen LogP contribution in [0.3, 0.4) is 0 Å². The van der Waals surface area contributed by atoms with E-state index in [0.29, 0.717) is 0 Å². The van der Waals surface area contributed by atoms with Crippen LogP contribution in [0.2, 0.25) is 0 Å². The van der Waals surface area contributed by atoms with Gasteiger partial charge < -0.3 is 15.3 Å². The lowest BCUT2D eigenvalue weighted by molar-refractivity contribution is 0.00988. The predicted molar refractivity (Wildman–Crippen MR) is 47.1 cm³/mol. The quantitative estimate of drug-likeness (QED) is 0.561. The van der Waals surface area contributed by atoms with Gasteiger partial charge in [0.2, 0.25) is 0 Å². The Morgan fingerprint density at radius 1 is 1.62 bits per heavy atom. The van der Waals surface area contributed by atoms with Gasteiger partial charge in [-0.3, -0.25) is 0 Å². The number of hydrogen-bond donors (Lipinski definition) is 3. The van der Waals surface area contributed by atoms with Crippen molar-refractivity contribution in [3.8, 4) is 0 Å². The molecule has 0 unspecified atom stereocenters. The first-order valence-electron chi connectivity index (χ1n) is 4.42. The van der Waals surface area contributed by atoms with E-state index in [1.165, 1.54) is 0 Å². The summed E-state index contributed by atoms with van der Waals surface area (Å²) in [6, 6.07) is 0. The number of nitrogens with one attached hydrogen (secondary N) is 1. The largest absolute Gasteiger partial charge is 0.465 e. The summed E-state index contributed by atoms with van der Waals surface area (Å²) in [6.45, 7) is 1.91. The minimum absolute atomic E-state index is 0.0867. The monoisotopic (exact) mass is 188 g/mol. The SMILES string of the molecule is CC1(NC(=O)O)CCC(ON)CC1. The Kier molecular flexibility index (Phi) is 3.11. The van der Waals surface area contributed by atoms with Crippen molar-refractivity contribution in [1.29, 1.82) is 0 Å². The first-order chi connectivity index (χ1) is 6.06. The molecule has 0 aromatic carbocycles. The Bertz CT molecular complexity index is 188. The second-order valence-electron chi connectivity index (χ2n) is 3.83. The second kappa shape index (κ2) is 3.93. The van der Waals surface area contributed by atoms with E-state index in [2.05, 4.69) is 5.32 Å². The standard InChI is InChI=1S/C8H16N2O3/c1-8(10-7(11)12)4-2-6(13-9)3-5-8/h6,10H,2-5,9H2,1H3,(H,11,12). The van der Waals surface area contributed by atoms with Crippen LogP contribution in [0, 0.1) is 0 Å². The maximum atomic E-state index is 10.5. The molecule has 1 aliphatic carbocycles. The molecule has 0 atom stereocenters. The van der Waals surface area contributed by atoms with E-state index in [1.54, 1.807) is 0 Å². The maximum Gasteiger partial charge on any atom is 0.405 e. The summed E-state index contributed by atoms with van der Waals surface area (Å²) in [6.07, 6.45) is 2.31. The molecule has 0 spiro atoms. The molecule has 0 aromatic rings. The molecule has 1 saturated carbocycles. The Morgan fingerprint density at radius 3 is 2.54 bits per heavy atom. The normalized spacial score (nSPS) is 34.2. The molecule has 0 heterocycles. The van der Waals surface area contributed by atoms with Crippen LogP contribution in [0.4, 0.5) is 4.79 Å². The molecule has 0 radical (unpaired) electrons. The zero-order valence-corrected chi connectivity index (χ0v) is 7.75. The van der Waals surface area contributed by atoms with Gasteiger partial charge in [-0.05, 0) is 32.6 Å². The number of hydrogen-bond acceptors (Lipinski definition) is 3. The molecular formula is C8H16N2O3. The van der Waals surface area contributed by atoms with E-state index in [1.807, 2.05) is 6.92 Å². The Morgan fingerprint density at radius 2 is 2.15 bits per heavy atom. The molecular weight excluding hydrogens is 172 g/mol. The van der Waals surface area contributed by atoms with E-state index in [-0.39, 0.29) is 11.6 Å². The van der Waals surface area contributed by atoms with Crippen LogP contribution in [0.5, 0.6) is 0 Å². The van der Waals surface area contributed by atoms with Gasteiger partial charge in [-0.25, -0.2) is 10.7 Å². The molecule has 5 nitrogen and oxygen atoms in total. The predicted octanol–water partition coefficient (Wildman–Crippen LogP) is 0.846. The molecule has 76 valence electrons. The molecule has 1 amide bonds. The van der Waals surface area contributed by atoms with Crippen molar-refractivity contribution in [2.75, 3.05) is 0 Å². The van der Waals surface area contributed by atoms with Crippen LogP contribution in [0.25, 0.3) is 0 Å². The summed E-state index contributed by atoms with van der Waals surface area (Å²) in [7, 11) is 0. The van der Waals surface area contributed by atoms with Crippen LogP contribution < -0.4 is 11.2 Å². The highest BCUT2D eigenvalue weighted by molar-refractivity contribution is 5.65. The molecule has 0 saturated heterocycles. The summed E-state index contributed by atoms with van der Waals surface area (Å²) in [5.41, 5.74) is -0.305. The lowest BCUT2D eigenvalue weighted by Gasteiger charge is -2.36. The smallest absolute Gasteiger partial charge is 0.405 e. The Balaban J connectivity index is 2.41. The van der Waals surface area contributed by atoms with E-state index in [9.17, 15) is 4.79 Å². The Hall–Kier alpha value is -0.810. The van der Waals surface area contributed by atoms with Crippen LogP contribution in [0.1, 0.15) is 32.6 Å². The maximum absolute atomic E-state index is 10.5. The molecule has 13 heavy (non-hydrogen) atoms. The molecule has 4 N–H and O–H groups in total. The minimum Gasteiger partial charge on any atom is -0.465 e. The molecule has 5 heteroatoms. The first-order valence-corrected chi connectivity index (χ1v) is 4.42. The summed E-state index contributed by atoms with van der Waals surface area (Å²) in [4.78, 5) is 15.2. The van der Waals surface area contributed by atoms with Gasteiger partial charge in [0.25, 0.3) is 0 Å². The third-order valence-electron chi connectivity index (χ3n) is 2.64. The van der Waals surface area contributed by atoms with E-state index in [0.717, 1.165) is 25.7 Å². The van der Waals surface area contributed by atoms with Gasteiger partial charge in [0.1, 0.15) is 0 Å². The highest BCUT2D eigenvalue weighted by Gasteiger charge is 2.32. The first kappa shape index (κ1) is 10.3. The van der Waals surface area contributed by atoms with Gasteiger partial charge in [0.15, 0.2) is 0 Å². The van der Waals surface area contributed by atoms with Gasteiger partial charge in [0.05, 0.1) is 6.10 Å². The minimum atomic E-state index is -0.963. The van der Waals surface area contributed by atoms with Crippen molar-refractivity contribution in [3.05, 3.63) is 0 Å². The fourth-order valence-corrected chi connectivity index (χ4v) is 1.75. The summed E-state index contributed by atoms with van der Waals surface area (Å²) in [5.74, 6) is 5.06. The number of rotatable bonds is 2. The van der Waals surface area contributed by atoms with Crippen molar-refractivity contribution in [3.63, 3.8) is 0 Å². The summed E-state index contributed by atoms with van der Waals surface area (Å²) >= 11 is 0. The van der Waals surface area contributed by atoms with Crippen molar-refractivity contribution in [2.45, 2.75) is 44.2 Å². The van der Waals surface area contributed by atoms with Crippen molar-refractivity contribution >= 4 is 6.09 Å². The zero-order chi connectivity index (χ0) is 9.90. The molecule has 1 rings (SSSR count). The van der Waals surface area contributed by atoms with Crippen LogP contribution in [-0.4, -0.2) is 22.8 Å². The van der Waals surface area contributed by atoms with Gasteiger partial charge in [-0.2, -0.15) is 0 Å². The molecule has 0 aliphatic heterocycles. The van der Waals surface area contributed by atoms with Gasteiger partial charge in [0, 0.05) is 5.54 Å². The second-order valence-corrected chi connectivity index (χ2v) is 3.83. The third-order valence-corrected chi connectivity index (χ3v) is 2.64. The topological polar surface area (TPSA) is 84.6 Å². The molecule has 0 aromatic heterocycles. The van der Waals surface area contributed by atoms with Crippen LogP contribution >= 0.6 is 0 Å². The van der Waals surface area contributed by atoms with Crippen LogP contribution in [-0.2, 0) is 4.84 Å². The summed E-state index contributed by atoms with van der Waals surface area (Å²) < 4.78 is 0. The van der Waals surface area contributed by atoms with E-state index in [4.69, 9.17) is 15.8 Å². The lowest BCUT2D eigenvalue weighted by Crippen LogP contribution is -2.49. The molecule has 0 bridgehead atoms. The highest BCUT2D eigenvalue weighted by Crippen LogP contribution is 2.28. The number of nitrogens with two attached hydrogens (primary N) is 1. The average Bonchev–Trinajstić information content (AvgIpc) is 2.04. The number of carbonyl (C=O) groups is 1. The van der Waals surface area contributed by atoms with Crippen LogP contribution in [0.15, 0.2) is 0 Å². The Labute approximate surface area is 77.2 Å². The lowest BCUT2D eigenvalue weighted by atomic mass is 9.82. The van der Waals surface area contributed by atoms with Gasteiger partial charge >= 0.3 is 6.09 Å². The fraction of sp³-hybridized carbons (Fsp3) is 0.875. The van der Waals surface area contributed by atoms with Gasteiger partial charge in [-0.15, -0.1) is 0 Å². The summed E-state index contributed by atoms with van der Waals surface area (Å²) in [5, 5.41) is 11.1. The van der Waals surface area contributed by atoms with Crippen molar-refractivity contribution in [1.82, 2.24) is 5.32 Å².